The molecule has 1 N–H and O–H groups in total. The van der Waals surface area contributed by atoms with Crippen molar-refractivity contribution in [3.05, 3.63) is 86.8 Å². The minimum Gasteiger partial charge on any atom is -0.497 e. The molecule has 7 nitrogen and oxygen atoms in total. The molecule has 0 aliphatic carbocycles. The summed E-state index contributed by atoms with van der Waals surface area (Å²) in [6.07, 6.45) is 0. The first-order chi connectivity index (χ1) is 16.6. The first-order valence-electron chi connectivity index (χ1n) is 10.6. The van der Waals surface area contributed by atoms with E-state index in [4.69, 9.17) is 14.1 Å². The number of fused-ring (bicyclic) bond motifs is 3. The quantitative estimate of drug-likeness (QED) is 0.251. The van der Waals surface area contributed by atoms with E-state index in [9.17, 15) is 9.59 Å². The first-order valence-corrected chi connectivity index (χ1v) is 12.5. The Labute approximate surface area is 203 Å². The second-order valence-corrected chi connectivity index (χ2v) is 9.53. The number of ether oxygens (including phenoxy) is 1. The normalized spacial score (nSPS) is 11.2. The van der Waals surface area contributed by atoms with Gasteiger partial charge in [-0.3, -0.25) is 14.2 Å². The number of nitrogens with zero attached hydrogens (tertiary/aromatic N) is 2. The Morgan fingerprint density at radius 1 is 1.18 bits per heavy atom. The molecule has 5 aromatic rings. The van der Waals surface area contributed by atoms with Gasteiger partial charge in [-0.2, -0.15) is 0 Å². The molecule has 3 aromatic heterocycles. The Morgan fingerprint density at radius 2 is 2.06 bits per heavy atom. The van der Waals surface area contributed by atoms with Gasteiger partial charge in [-0.1, -0.05) is 42.1 Å². The van der Waals surface area contributed by atoms with E-state index >= 15 is 0 Å². The van der Waals surface area contributed by atoms with E-state index in [-0.39, 0.29) is 22.8 Å². The number of rotatable bonds is 8. The number of hydrogen-bond donors (Lipinski definition) is 1. The van der Waals surface area contributed by atoms with Crippen molar-refractivity contribution in [3.8, 4) is 5.75 Å². The average Bonchev–Trinajstić information content (AvgIpc) is 3.51. The number of benzene rings is 2. The minimum atomic E-state index is -0.256. The summed E-state index contributed by atoms with van der Waals surface area (Å²) in [6, 6.07) is 18.9. The molecule has 5 rings (SSSR count). The third kappa shape index (κ3) is 4.57. The molecule has 0 bridgehead atoms. The fraction of sp³-hybridized carbons (Fsp3) is 0.160. The number of furan rings is 1. The molecule has 0 fully saturated rings. The standard InChI is InChI=1S/C25H21N3O4S2/c1-31-17-7-4-6-16(12-17)13-26-21(29)15-34-25-27-22-19-9-2-3-10-20(19)32-23(22)24(30)28(25)14-18-8-5-11-33-18/h2-12H,13-15H2,1H3,(H,26,29). The van der Waals surface area contributed by atoms with Crippen LogP contribution in [0.2, 0.25) is 0 Å². The lowest BCUT2D eigenvalue weighted by Crippen LogP contribution is -2.26. The fourth-order valence-corrected chi connectivity index (χ4v) is 5.14. The number of thiophene rings is 1. The Balaban J connectivity index is 1.40. The van der Waals surface area contributed by atoms with Crippen molar-refractivity contribution in [2.24, 2.45) is 0 Å². The largest absolute Gasteiger partial charge is 0.497 e. The van der Waals surface area contributed by atoms with Crippen molar-refractivity contribution in [2.45, 2.75) is 18.2 Å². The number of amides is 1. The SMILES string of the molecule is COc1cccc(CNC(=O)CSc2nc3c(oc4ccccc43)c(=O)n2Cc2cccs2)c1. The van der Waals surface area contributed by atoms with Crippen LogP contribution in [0, 0.1) is 0 Å². The van der Waals surface area contributed by atoms with Crippen molar-refractivity contribution in [3.63, 3.8) is 0 Å². The van der Waals surface area contributed by atoms with E-state index in [0.717, 1.165) is 21.6 Å². The Bertz CT molecular complexity index is 1520. The molecule has 0 saturated heterocycles. The molecule has 2 aromatic carbocycles. The van der Waals surface area contributed by atoms with E-state index in [1.165, 1.54) is 11.8 Å². The van der Waals surface area contributed by atoms with Crippen LogP contribution in [0.5, 0.6) is 5.75 Å². The van der Waals surface area contributed by atoms with Crippen LogP contribution < -0.4 is 15.6 Å². The van der Waals surface area contributed by atoms with E-state index in [1.807, 2.05) is 66.0 Å². The van der Waals surface area contributed by atoms with Crippen LogP contribution in [-0.4, -0.2) is 28.3 Å². The smallest absolute Gasteiger partial charge is 0.298 e. The van der Waals surface area contributed by atoms with Gasteiger partial charge in [0, 0.05) is 16.8 Å². The lowest BCUT2D eigenvalue weighted by Gasteiger charge is -2.11. The zero-order valence-corrected chi connectivity index (χ0v) is 19.9. The van der Waals surface area contributed by atoms with Gasteiger partial charge in [0.1, 0.15) is 16.8 Å². The van der Waals surface area contributed by atoms with Crippen LogP contribution >= 0.6 is 23.1 Å². The van der Waals surface area contributed by atoms with Gasteiger partial charge < -0.3 is 14.5 Å². The summed E-state index contributed by atoms with van der Waals surface area (Å²) in [5.41, 5.74) is 2.04. The predicted octanol–water partition coefficient (Wildman–Crippen LogP) is 4.67. The second-order valence-electron chi connectivity index (χ2n) is 7.56. The molecule has 0 atom stereocenters. The summed E-state index contributed by atoms with van der Waals surface area (Å²) in [4.78, 5) is 31.7. The molecule has 0 radical (unpaired) electrons. The number of para-hydroxylation sites is 1. The van der Waals surface area contributed by atoms with Crippen molar-refractivity contribution in [1.82, 2.24) is 14.9 Å². The highest BCUT2D eigenvalue weighted by atomic mass is 32.2. The molecule has 0 unspecified atom stereocenters. The van der Waals surface area contributed by atoms with Gasteiger partial charge in [0.2, 0.25) is 11.5 Å². The molecule has 9 heteroatoms. The highest BCUT2D eigenvalue weighted by molar-refractivity contribution is 7.99. The molecular weight excluding hydrogens is 470 g/mol. The minimum absolute atomic E-state index is 0.127. The molecule has 1 amide bonds. The van der Waals surface area contributed by atoms with Gasteiger partial charge in [-0.05, 0) is 41.3 Å². The van der Waals surface area contributed by atoms with Crippen LogP contribution in [-0.2, 0) is 17.9 Å². The molecule has 0 aliphatic heterocycles. The van der Waals surface area contributed by atoms with Crippen molar-refractivity contribution >= 4 is 51.1 Å². The second kappa shape index (κ2) is 9.74. The van der Waals surface area contributed by atoms with Crippen molar-refractivity contribution < 1.29 is 13.9 Å². The highest BCUT2D eigenvalue weighted by Gasteiger charge is 2.19. The summed E-state index contributed by atoms with van der Waals surface area (Å²) in [7, 11) is 1.61. The first kappa shape index (κ1) is 22.2. The van der Waals surface area contributed by atoms with Gasteiger partial charge in [-0.15, -0.1) is 11.3 Å². The maximum Gasteiger partial charge on any atom is 0.298 e. The number of methoxy groups -OCH3 is 1. The highest BCUT2D eigenvalue weighted by Crippen LogP contribution is 2.28. The van der Waals surface area contributed by atoms with Gasteiger partial charge >= 0.3 is 0 Å². The van der Waals surface area contributed by atoms with Gasteiger partial charge in [0.05, 0.1) is 19.4 Å². The van der Waals surface area contributed by atoms with Gasteiger partial charge in [-0.25, -0.2) is 4.98 Å². The third-order valence-electron chi connectivity index (χ3n) is 5.30. The zero-order valence-electron chi connectivity index (χ0n) is 18.3. The van der Waals surface area contributed by atoms with Crippen molar-refractivity contribution in [1.29, 1.82) is 0 Å². The topological polar surface area (TPSA) is 86.4 Å². The summed E-state index contributed by atoms with van der Waals surface area (Å²) >= 11 is 2.80. The molecule has 3 heterocycles. The average molecular weight is 492 g/mol. The summed E-state index contributed by atoms with van der Waals surface area (Å²) in [5.74, 6) is 0.716. The molecular formula is C25H21N3O4S2. The Kier molecular flexibility index (Phi) is 6.37. The number of nitrogens with one attached hydrogen (secondary N) is 1. The van der Waals surface area contributed by atoms with Crippen LogP contribution in [0.3, 0.4) is 0 Å². The van der Waals surface area contributed by atoms with Crippen LogP contribution in [0.25, 0.3) is 22.1 Å². The zero-order chi connectivity index (χ0) is 23.5. The molecule has 34 heavy (non-hydrogen) atoms. The predicted molar refractivity (Wildman–Crippen MR) is 135 cm³/mol. The van der Waals surface area contributed by atoms with E-state index in [1.54, 1.807) is 23.0 Å². The van der Waals surface area contributed by atoms with Crippen LogP contribution in [0.15, 0.2) is 80.4 Å². The Hall–Kier alpha value is -3.56. The number of carbonyl (C=O) groups excluding carboxylic acids is 1. The maximum atomic E-state index is 13.4. The number of hydrogen-bond acceptors (Lipinski definition) is 7. The summed E-state index contributed by atoms with van der Waals surface area (Å²) in [5, 5.41) is 6.14. The lowest BCUT2D eigenvalue weighted by atomic mass is 10.2. The molecule has 172 valence electrons. The monoisotopic (exact) mass is 491 g/mol. The molecule has 0 spiro atoms. The third-order valence-corrected chi connectivity index (χ3v) is 7.13. The molecule has 0 saturated carbocycles. The molecule has 0 aliphatic rings. The van der Waals surface area contributed by atoms with Crippen molar-refractivity contribution in [2.75, 3.05) is 12.9 Å². The van der Waals surface area contributed by atoms with Gasteiger partial charge in [0.15, 0.2) is 5.16 Å². The van der Waals surface area contributed by atoms with Gasteiger partial charge in [0.25, 0.3) is 5.56 Å². The Morgan fingerprint density at radius 3 is 2.88 bits per heavy atom. The number of carbonyl (C=O) groups is 1. The van der Waals surface area contributed by atoms with E-state index in [0.29, 0.717) is 29.3 Å². The number of thioether (sulfide) groups is 1. The van der Waals surface area contributed by atoms with Crippen LogP contribution in [0.1, 0.15) is 10.4 Å². The summed E-state index contributed by atoms with van der Waals surface area (Å²) < 4.78 is 12.6. The summed E-state index contributed by atoms with van der Waals surface area (Å²) in [6.45, 7) is 0.752. The maximum absolute atomic E-state index is 13.4. The number of aromatic nitrogens is 2. The van der Waals surface area contributed by atoms with E-state index < -0.39 is 0 Å². The van der Waals surface area contributed by atoms with Crippen LogP contribution in [0.4, 0.5) is 0 Å². The fourth-order valence-electron chi connectivity index (χ4n) is 3.63. The van der Waals surface area contributed by atoms with E-state index in [2.05, 4.69) is 5.32 Å². The lowest BCUT2D eigenvalue weighted by molar-refractivity contribution is -0.118.